The van der Waals surface area contributed by atoms with E-state index in [9.17, 15) is 0 Å². The van der Waals surface area contributed by atoms with Crippen LogP contribution in [0, 0.1) is 13.8 Å². The summed E-state index contributed by atoms with van der Waals surface area (Å²) in [4.78, 5) is 8.06. The molecule has 2 rings (SSSR count). The van der Waals surface area contributed by atoms with Crippen molar-refractivity contribution in [2.24, 2.45) is 0 Å². The second-order valence-electron chi connectivity index (χ2n) is 3.01. The third-order valence-corrected chi connectivity index (χ3v) is 1.90. The fourth-order valence-electron chi connectivity index (χ4n) is 0.960. The molecule has 2 heterocycles. The number of aryl methyl sites for hydroxylation is 2. The maximum Gasteiger partial charge on any atom is 0.243 e. The Morgan fingerprint density at radius 3 is 2.80 bits per heavy atom. The molecule has 0 unspecified atom stereocenters. The number of aromatic nitrogens is 5. The summed E-state index contributed by atoms with van der Waals surface area (Å²) in [6.07, 6.45) is 1.27. The molecule has 0 aliphatic rings. The molecular weight excluding hydrogens is 196 g/mol. The molecule has 0 spiro atoms. The summed E-state index contributed by atoms with van der Waals surface area (Å²) >= 11 is 0. The molecule has 0 aromatic carbocycles. The summed E-state index contributed by atoms with van der Waals surface area (Å²) < 4.78 is 4.59. The van der Waals surface area contributed by atoms with Crippen LogP contribution in [-0.2, 0) is 6.54 Å². The molecular formula is C8H10N6O. The van der Waals surface area contributed by atoms with Gasteiger partial charge < -0.3 is 9.84 Å². The maximum atomic E-state index is 4.59. The van der Waals surface area contributed by atoms with Gasteiger partial charge in [0.05, 0.1) is 17.9 Å². The van der Waals surface area contributed by atoms with Gasteiger partial charge in [0.25, 0.3) is 0 Å². The van der Waals surface area contributed by atoms with Crippen LogP contribution in [-0.4, -0.2) is 25.3 Å². The maximum absolute atomic E-state index is 4.59. The molecule has 78 valence electrons. The lowest BCUT2D eigenvalue weighted by Crippen LogP contribution is -2.07. The first-order valence-corrected chi connectivity index (χ1v) is 4.43. The highest BCUT2D eigenvalue weighted by Crippen LogP contribution is 2.02. The molecule has 7 nitrogen and oxygen atoms in total. The molecule has 0 radical (unpaired) electrons. The van der Waals surface area contributed by atoms with Crippen LogP contribution >= 0.6 is 0 Å². The number of nitrogens with one attached hydrogen (secondary N) is 1. The van der Waals surface area contributed by atoms with Crippen molar-refractivity contribution in [3.05, 3.63) is 23.6 Å². The minimum atomic E-state index is 0.417. The van der Waals surface area contributed by atoms with E-state index in [0.29, 0.717) is 18.3 Å². The third-order valence-electron chi connectivity index (χ3n) is 1.90. The summed E-state index contributed by atoms with van der Waals surface area (Å²) in [5, 5.41) is 14.4. The van der Waals surface area contributed by atoms with E-state index >= 15 is 0 Å². The largest absolute Gasteiger partial charge is 0.345 e. The number of nitrogens with zero attached hydrogens (tertiary/aromatic N) is 5. The predicted molar refractivity (Wildman–Crippen MR) is 50.9 cm³/mol. The van der Waals surface area contributed by atoms with Gasteiger partial charge >= 0.3 is 0 Å². The van der Waals surface area contributed by atoms with Gasteiger partial charge in [-0.05, 0) is 13.8 Å². The molecule has 2 aromatic heterocycles. The lowest BCUT2D eigenvalue weighted by molar-refractivity contribution is 0.411. The topological polar surface area (TPSA) is 89.6 Å². The fourth-order valence-corrected chi connectivity index (χ4v) is 0.960. The van der Waals surface area contributed by atoms with Crippen molar-refractivity contribution in [3.8, 4) is 0 Å². The average molecular weight is 206 g/mol. The number of hydrogen-bond acceptors (Lipinski definition) is 7. The highest BCUT2D eigenvalue weighted by Gasteiger charge is 2.02. The number of anilines is 1. The van der Waals surface area contributed by atoms with E-state index in [1.165, 1.54) is 6.39 Å². The van der Waals surface area contributed by atoms with Gasteiger partial charge in [-0.1, -0.05) is 5.16 Å². The van der Waals surface area contributed by atoms with E-state index in [1.54, 1.807) is 0 Å². The summed E-state index contributed by atoms with van der Waals surface area (Å²) in [5.74, 6) is 1.01. The van der Waals surface area contributed by atoms with Crippen LogP contribution in [0.15, 0.2) is 10.9 Å². The van der Waals surface area contributed by atoms with Crippen molar-refractivity contribution >= 4 is 5.95 Å². The van der Waals surface area contributed by atoms with E-state index in [0.717, 1.165) is 11.4 Å². The molecule has 0 bridgehead atoms. The van der Waals surface area contributed by atoms with Crippen LogP contribution in [0.4, 0.5) is 5.95 Å². The SMILES string of the molecule is Cc1nnc(NCc2ncon2)nc1C. The zero-order chi connectivity index (χ0) is 10.7. The van der Waals surface area contributed by atoms with Crippen molar-refractivity contribution in [2.45, 2.75) is 20.4 Å². The summed E-state index contributed by atoms with van der Waals surface area (Å²) in [6, 6.07) is 0. The molecule has 0 atom stereocenters. The van der Waals surface area contributed by atoms with E-state index in [1.807, 2.05) is 13.8 Å². The molecule has 0 saturated heterocycles. The standard InChI is InChI=1S/C8H10N6O/c1-5-6(2)12-13-8(11-5)9-3-7-10-4-15-14-7/h4H,3H2,1-2H3,(H,9,11,13). The Hall–Kier alpha value is -2.05. The Morgan fingerprint density at radius 1 is 1.27 bits per heavy atom. The van der Waals surface area contributed by atoms with Crippen molar-refractivity contribution in [1.29, 1.82) is 0 Å². The Morgan fingerprint density at radius 2 is 2.13 bits per heavy atom. The minimum absolute atomic E-state index is 0.417. The summed E-state index contributed by atoms with van der Waals surface area (Å²) in [5.41, 5.74) is 1.67. The zero-order valence-electron chi connectivity index (χ0n) is 8.43. The average Bonchev–Trinajstić information content (AvgIpc) is 2.73. The molecule has 1 N–H and O–H groups in total. The molecule has 7 heteroatoms. The summed E-state index contributed by atoms with van der Waals surface area (Å²) in [6.45, 7) is 4.16. The number of rotatable bonds is 3. The lowest BCUT2D eigenvalue weighted by Gasteiger charge is -2.02. The van der Waals surface area contributed by atoms with Crippen molar-refractivity contribution < 1.29 is 4.52 Å². The van der Waals surface area contributed by atoms with Gasteiger partial charge in [0, 0.05) is 0 Å². The van der Waals surface area contributed by atoms with Gasteiger partial charge in [0.15, 0.2) is 5.82 Å². The first kappa shape index (κ1) is 9.50. The van der Waals surface area contributed by atoms with E-state index < -0.39 is 0 Å². The minimum Gasteiger partial charge on any atom is -0.345 e. The highest BCUT2D eigenvalue weighted by atomic mass is 16.5. The van der Waals surface area contributed by atoms with E-state index in [2.05, 4.69) is 35.2 Å². The highest BCUT2D eigenvalue weighted by molar-refractivity contribution is 5.24. The van der Waals surface area contributed by atoms with Crippen molar-refractivity contribution in [2.75, 3.05) is 5.32 Å². The summed E-state index contributed by atoms with van der Waals surface area (Å²) in [7, 11) is 0. The molecule has 15 heavy (non-hydrogen) atoms. The molecule has 0 amide bonds. The van der Waals surface area contributed by atoms with Crippen LogP contribution in [0.2, 0.25) is 0 Å². The lowest BCUT2D eigenvalue weighted by atomic mass is 10.4. The Labute approximate surface area is 85.9 Å². The molecule has 0 saturated carbocycles. The van der Waals surface area contributed by atoms with E-state index in [-0.39, 0.29) is 0 Å². The van der Waals surface area contributed by atoms with Gasteiger partial charge in [0.2, 0.25) is 12.3 Å². The molecule has 0 aliphatic carbocycles. The van der Waals surface area contributed by atoms with Gasteiger partial charge in [-0.15, -0.1) is 5.10 Å². The Bertz CT molecular complexity index is 440. The van der Waals surface area contributed by atoms with Gasteiger partial charge in [0.1, 0.15) is 0 Å². The molecule has 0 fully saturated rings. The molecule has 0 aliphatic heterocycles. The normalized spacial score (nSPS) is 10.3. The number of hydrogen-bond donors (Lipinski definition) is 1. The van der Waals surface area contributed by atoms with Crippen LogP contribution in [0.5, 0.6) is 0 Å². The second-order valence-corrected chi connectivity index (χ2v) is 3.01. The first-order chi connectivity index (χ1) is 7.25. The van der Waals surface area contributed by atoms with E-state index in [4.69, 9.17) is 0 Å². The zero-order valence-corrected chi connectivity index (χ0v) is 8.43. The van der Waals surface area contributed by atoms with Crippen LogP contribution < -0.4 is 5.32 Å². The smallest absolute Gasteiger partial charge is 0.243 e. The quantitative estimate of drug-likeness (QED) is 0.781. The van der Waals surface area contributed by atoms with Gasteiger partial charge in [-0.25, -0.2) is 4.98 Å². The first-order valence-electron chi connectivity index (χ1n) is 4.43. The molecule has 2 aromatic rings. The van der Waals surface area contributed by atoms with Gasteiger partial charge in [-0.3, -0.25) is 0 Å². The van der Waals surface area contributed by atoms with Crippen molar-refractivity contribution in [1.82, 2.24) is 25.3 Å². The van der Waals surface area contributed by atoms with Crippen LogP contribution in [0.1, 0.15) is 17.2 Å². The predicted octanol–water partition coefficient (Wildman–Crippen LogP) is 0.484. The fraction of sp³-hybridized carbons (Fsp3) is 0.375. The Balaban J connectivity index is 2.02. The van der Waals surface area contributed by atoms with Crippen molar-refractivity contribution in [3.63, 3.8) is 0 Å². The van der Waals surface area contributed by atoms with Gasteiger partial charge in [-0.2, -0.15) is 10.1 Å². The third kappa shape index (κ3) is 2.25. The monoisotopic (exact) mass is 206 g/mol. The second kappa shape index (κ2) is 3.99. The van der Waals surface area contributed by atoms with Crippen LogP contribution in [0.25, 0.3) is 0 Å². The van der Waals surface area contributed by atoms with Crippen LogP contribution in [0.3, 0.4) is 0 Å². The Kier molecular flexibility index (Phi) is 2.53.